The lowest BCUT2D eigenvalue weighted by Crippen LogP contribution is -2.52. The van der Waals surface area contributed by atoms with E-state index in [0.29, 0.717) is 0 Å². The molecule has 0 heterocycles. The van der Waals surface area contributed by atoms with E-state index in [-0.39, 0.29) is 24.6 Å². The number of rotatable bonds is 4. The first-order valence-electron chi connectivity index (χ1n) is 5.34. The van der Waals surface area contributed by atoms with Crippen molar-refractivity contribution in [3.63, 3.8) is 0 Å². The van der Waals surface area contributed by atoms with Crippen molar-refractivity contribution < 1.29 is 14.6 Å². The van der Waals surface area contributed by atoms with Crippen LogP contribution >= 0.6 is 0 Å². The highest BCUT2D eigenvalue weighted by Crippen LogP contribution is 2.21. The van der Waals surface area contributed by atoms with E-state index in [1.54, 1.807) is 14.2 Å². The highest BCUT2D eigenvalue weighted by molar-refractivity contribution is 5.78. The predicted molar refractivity (Wildman–Crippen MR) is 56.5 cm³/mol. The molecule has 1 amide bonds. The van der Waals surface area contributed by atoms with E-state index in [0.717, 1.165) is 19.3 Å². The summed E-state index contributed by atoms with van der Waals surface area (Å²) in [4.78, 5) is 11.3. The minimum Gasteiger partial charge on any atom is -0.388 e. The molecule has 0 spiro atoms. The monoisotopic (exact) mass is 216 g/mol. The van der Waals surface area contributed by atoms with Gasteiger partial charge < -0.3 is 20.5 Å². The third-order valence-corrected chi connectivity index (χ3v) is 2.78. The molecule has 0 aliphatic heterocycles. The first-order chi connectivity index (χ1) is 7.19. The summed E-state index contributed by atoms with van der Waals surface area (Å²) in [6, 6.07) is -0.176. The van der Waals surface area contributed by atoms with Crippen molar-refractivity contribution in [3.8, 4) is 0 Å². The summed E-state index contributed by atoms with van der Waals surface area (Å²) in [7, 11) is 3.31. The summed E-state index contributed by atoms with van der Waals surface area (Å²) in [5.41, 5.74) is 0. The summed E-state index contributed by atoms with van der Waals surface area (Å²) in [6.45, 7) is 0.279. The molecule has 5 heteroatoms. The number of aliphatic hydroxyl groups excluding tert-OH is 1. The molecule has 5 nitrogen and oxygen atoms in total. The van der Waals surface area contributed by atoms with Gasteiger partial charge in [0.15, 0.2) is 0 Å². The van der Waals surface area contributed by atoms with E-state index in [1.165, 1.54) is 0 Å². The number of amides is 1. The fraction of sp³-hybridized carbons (Fsp3) is 0.900. The Bertz CT molecular complexity index is 211. The van der Waals surface area contributed by atoms with E-state index < -0.39 is 6.10 Å². The average molecular weight is 216 g/mol. The van der Waals surface area contributed by atoms with Crippen LogP contribution in [0.3, 0.4) is 0 Å². The van der Waals surface area contributed by atoms with Crippen LogP contribution in [-0.4, -0.2) is 50.0 Å². The molecule has 3 N–H and O–H groups in total. The Morgan fingerprint density at radius 2 is 2.27 bits per heavy atom. The van der Waals surface area contributed by atoms with Gasteiger partial charge in [-0.15, -0.1) is 0 Å². The number of likely N-dealkylation sites (N-methyl/N-ethyl adjacent to an activating group) is 1. The summed E-state index contributed by atoms with van der Waals surface area (Å²) in [5, 5.41) is 15.5. The topological polar surface area (TPSA) is 70.6 Å². The number of ether oxygens (including phenoxy) is 1. The highest BCUT2D eigenvalue weighted by atomic mass is 16.5. The lowest BCUT2D eigenvalue weighted by molar-refractivity contribution is -0.123. The summed E-state index contributed by atoms with van der Waals surface area (Å²) >= 11 is 0. The van der Waals surface area contributed by atoms with Gasteiger partial charge in [-0.3, -0.25) is 4.79 Å². The molecule has 0 aromatic carbocycles. The van der Waals surface area contributed by atoms with Gasteiger partial charge in [0.2, 0.25) is 5.91 Å². The second kappa shape index (κ2) is 6.05. The van der Waals surface area contributed by atoms with Crippen molar-refractivity contribution in [1.82, 2.24) is 10.6 Å². The molecule has 1 saturated carbocycles. The third kappa shape index (κ3) is 3.44. The highest BCUT2D eigenvalue weighted by Gasteiger charge is 2.32. The molecule has 88 valence electrons. The molecule has 1 fully saturated rings. The van der Waals surface area contributed by atoms with Crippen LogP contribution in [-0.2, 0) is 9.53 Å². The zero-order chi connectivity index (χ0) is 11.3. The Hall–Kier alpha value is -0.650. The fourth-order valence-electron chi connectivity index (χ4n) is 1.97. The number of carbonyl (C=O) groups is 1. The molecule has 0 saturated heterocycles. The molecule has 0 unspecified atom stereocenters. The van der Waals surface area contributed by atoms with Crippen molar-refractivity contribution in [1.29, 1.82) is 0 Å². The lowest BCUT2D eigenvalue weighted by atomic mass is 9.90. The van der Waals surface area contributed by atoms with E-state index in [2.05, 4.69) is 10.6 Å². The molecular weight excluding hydrogens is 196 g/mol. The van der Waals surface area contributed by atoms with Gasteiger partial charge in [0.05, 0.1) is 18.7 Å². The first kappa shape index (κ1) is 12.4. The Kier molecular flexibility index (Phi) is 5.01. The third-order valence-electron chi connectivity index (χ3n) is 2.78. The van der Waals surface area contributed by atoms with Gasteiger partial charge >= 0.3 is 0 Å². The van der Waals surface area contributed by atoms with E-state index in [4.69, 9.17) is 4.74 Å². The van der Waals surface area contributed by atoms with Crippen LogP contribution in [0.1, 0.15) is 19.3 Å². The van der Waals surface area contributed by atoms with Gasteiger partial charge in [0.25, 0.3) is 0 Å². The average Bonchev–Trinajstić information content (AvgIpc) is 2.21. The normalized spacial score (nSPS) is 31.3. The Morgan fingerprint density at radius 3 is 2.87 bits per heavy atom. The van der Waals surface area contributed by atoms with Crippen LogP contribution in [0, 0.1) is 0 Å². The molecule has 0 aromatic heterocycles. The number of aliphatic hydroxyl groups is 1. The van der Waals surface area contributed by atoms with Gasteiger partial charge in [0, 0.05) is 7.11 Å². The maximum absolute atomic E-state index is 11.3. The van der Waals surface area contributed by atoms with Crippen LogP contribution in [0.25, 0.3) is 0 Å². The second-order valence-electron chi connectivity index (χ2n) is 3.90. The predicted octanol–water partition coefficient (Wildman–Crippen LogP) is -0.750. The number of methoxy groups -OCH3 is 1. The molecule has 0 bridgehead atoms. The Balaban J connectivity index is 2.43. The van der Waals surface area contributed by atoms with Crippen LogP contribution < -0.4 is 10.6 Å². The van der Waals surface area contributed by atoms with Gasteiger partial charge in [-0.25, -0.2) is 0 Å². The van der Waals surface area contributed by atoms with Crippen LogP contribution in [0.15, 0.2) is 0 Å². The van der Waals surface area contributed by atoms with Crippen molar-refractivity contribution in [2.24, 2.45) is 0 Å². The molecule has 0 aromatic rings. The fourth-order valence-corrected chi connectivity index (χ4v) is 1.97. The van der Waals surface area contributed by atoms with Gasteiger partial charge in [-0.1, -0.05) is 0 Å². The quantitative estimate of drug-likeness (QED) is 0.578. The molecule has 1 aliphatic carbocycles. The zero-order valence-corrected chi connectivity index (χ0v) is 9.32. The van der Waals surface area contributed by atoms with Crippen molar-refractivity contribution in [2.45, 2.75) is 37.5 Å². The van der Waals surface area contributed by atoms with Gasteiger partial charge in [-0.05, 0) is 26.3 Å². The minimum atomic E-state index is -0.593. The number of carbonyl (C=O) groups excluding carboxylic acids is 1. The van der Waals surface area contributed by atoms with E-state index in [1.807, 2.05) is 0 Å². The summed E-state index contributed by atoms with van der Waals surface area (Å²) < 4.78 is 5.16. The smallest absolute Gasteiger partial charge is 0.234 e. The maximum atomic E-state index is 11.3. The minimum absolute atomic E-state index is 0.0849. The Labute approximate surface area is 90.2 Å². The largest absolute Gasteiger partial charge is 0.388 e. The second-order valence-corrected chi connectivity index (χ2v) is 3.90. The van der Waals surface area contributed by atoms with Crippen LogP contribution in [0.4, 0.5) is 0 Å². The van der Waals surface area contributed by atoms with Crippen molar-refractivity contribution in [3.05, 3.63) is 0 Å². The SMILES string of the molecule is CNCC(=O)N[C@@H]1CCC[C@@H](OC)[C@@H]1O. The zero-order valence-electron chi connectivity index (χ0n) is 9.32. The number of nitrogens with one attached hydrogen (secondary N) is 2. The standard InChI is InChI=1S/C10H20N2O3/c1-11-6-9(13)12-7-4-3-5-8(15-2)10(7)14/h7-8,10-11,14H,3-6H2,1-2H3,(H,12,13)/t7-,8-,10-/m1/s1. The Morgan fingerprint density at radius 1 is 1.53 bits per heavy atom. The first-order valence-corrected chi connectivity index (χ1v) is 5.34. The summed E-state index contributed by atoms with van der Waals surface area (Å²) in [6.07, 6.45) is 1.90. The number of hydrogen-bond donors (Lipinski definition) is 3. The maximum Gasteiger partial charge on any atom is 0.234 e. The van der Waals surface area contributed by atoms with E-state index >= 15 is 0 Å². The molecule has 1 aliphatic rings. The number of hydrogen-bond acceptors (Lipinski definition) is 4. The molecule has 0 radical (unpaired) electrons. The lowest BCUT2D eigenvalue weighted by Gasteiger charge is -2.34. The summed E-state index contributed by atoms with van der Waals surface area (Å²) in [5.74, 6) is -0.0849. The van der Waals surface area contributed by atoms with Crippen molar-refractivity contribution in [2.75, 3.05) is 20.7 Å². The van der Waals surface area contributed by atoms with Crippen LogP contribution in [0.2, 0.25) is 0 Å². The molecular formula is C10H20N2O3. The van der Waals surface area contributed by atoms with Gasteiger partial charge in [0.1, 0.15) is 6.10 Å². The molecule has 3 atom stereocenters. The van der Waals surface area contributed by atoms with Gasteiger partial charge in [-0.2, -0.15) is 0 Å². The van der Waals surface area contributed by atoms with Crippen LogP contribution in [0.5, 0.6) is 0 Å². The van der Waals surface area contributed by atoms with E-state index in [9.17, 15) is 9.90 Å². The molecule has 15 heavy (non-hydrogen) atoms. The van der Waals surface area contributed by atoms with Crippen molar-refractivity contribution >= 4 is 5.91 Å². The molecule has 1 rings (SSSR count).